The van der Waals surface area contributed by atoms with Crippen LogP contribution in [0.15, 0.2) is 17.0 Å². The van der Waals surface area contributed by atoms with Crippen molar-refractivity contribution in [3.05, 3.63) is 23.3 Å². The van der Waals surface area contributed by atoms with Crippen LogP contribution in [-0.4, -0.2) is 44.9 Å². The number of hydrogen-bond donors (Lipinski definition) is 1. The second-order valence-electron chi connectivity index (χ2n) is 7.05. The molecule has 0 bridgehead atoms. The molecule has 1 saturated carbocycles. The summed E-state index contributed by atoms with van der Waals surface area (Å²) in [6.45, 7) is 4.39. The van der Waals surface area contributed by atoms with Gasteiger partial charge in [0.2, 0.25) is 15.9 Å². The third-order valence-electron chi connectivity index (χ3n) is 5.06. The smallest absolute Gasteiger partial charge is 0.243 e. The van der Waals surface area contributed by atoms with Gasteiger partial charge in [0.25, 0.3) is 0 Å². The number of carbonyl (C=O) groups excluding carboxylic acids is 1. The molecular weight excluding hydrogens is 340 g/mol. The second-order valence-corrected chi connectivity index (χ2v) is 8.95. The fourth-order valence-electron chi connectivity index (χ4n) is 3.31. The van der Waals surface area contributed by atoms with Crippen molar-refractivity contribution in [2.75, 3.05) is 20.2 Å². The molecule has 7 heteroatoms. The highest BCUT2D eigenvalue weighted by molar-refractivity contribution is 7.89. The molecule has 0 radical (unpaired) electrons. The Hall–Kier alpha value is -1.60. The summed E-state index contributed by atoms with van der Waals surface area (Å²) in [4.78, 5) is 12.5. The maximum Gasteiger partial charge on any atom is 0.243 e. The predicted molar refractivity (Wildman–Crippen MR) is 95.1 cm³/mol. The monoisotopic (exact) mass is 366 g/mol. The van der Waals surface area contributed by atoms with E-state index in [9.17, 15) is 13.2 Å². The Balaban J connectivity index is 1.71. The number of carbonyl (C=O) groups is 1. The lowest BCUT2D eigenvalue weighted by Gasteiger charge is -2.31. The third kappa shape index (κ3) is 3.82. The van der Waals surface area contributed by atoms with Crippen LogP contribution in [0, 0.1) is 19.8 Å². The largest absolute Gasteiger partial charge is 0.496 e. The average molecular weight is 366 g/mol. The average Bonchev–Trinajstić information content (AvgIpc) is 3.40. The molecule has 6 nitrogen and oxygen atoms in total. The zero-order valence-corrected chi connectivity index (χ0v) is 15.9. The molecule has 0 unspecified atom stereocenters. The van der Waals surface area contributed by atoms with Crippen LogP contribution in [0.3, 0.4) is 0 Å². The van der Waals surface area contributed by atoms with Gasteiger partial charge in [0, 0.05) is 25.0 Å². The number of amides is 1. The maximum absolute atomic E-state index is 13.0. The number of rotatable bonds is 5. The minimum atomic E-state index is -3.55. The summed E-state index contributed by atoms with van der Waals surface area (Å²) < 4.78 is 32.8. The van der Waals surface area contributed by atoms with Gasteiger partial charge in [-0.1, -0.05) is 0 Å². The predicted octanol–water partition coefficient (Wildman–Crippen LogP) is 1.99. The molecule has 2 fully saturated rings. The molecule has 1 aliphatic heterocycles. The highest BCUT2D eigenvalue weighted by Gasteiger charge is 2.34. The third-order valence-corrected chi connectivity index (χ3v) is 7.10. The van der Waals surface area contributed by atoms with Gasteiger partial charge in [0.1, 0.15) is 5.75 Å². The summed E-state index contributed by atoms with van der Waals surface area (Å²) in [7, 11) is -1.98. The van der Waals surface area contributed by atoms with Gasteiger partial charge in [-0.15, -0.1) is 0 Å². The zero-order valence-electron chi connectivity index (χ0n) is 15.0. The molecule has 138 valence electrons. The van der Waals surface area contributed by atoms with E-state index in [2.05, 4.69) is 5.32 Å². The van der Waals surface area contributed by atoms with Crippen LogP contribution in [0.2, 0.25) is 0 Å². The van der Waals surface area contributed by atoms with Crippen molar-refractivity contribution in [2.45, 2.75) is 50.5 Å². The van der Waals surface area contributed by atoms with E-state index in [0.29, 0.717) is 48.2 Å². The molecule has 3 rings (SSSR count). The molecule has 0 aromatic heterocycles. The first-order valence-electron chi connectivity index (χ1n) is 8.78. The Morgan fingerprint density at radius 2 is 1.76 bits per heavy atom. The van der Waals surface area contributed by atoms with Crippen molar-refractivity contribution in [3.8, 4) is 5.75 Å². The van der Waals surface area contributed by atoms with Crippen LogP contribution in [0.5, 0.6) is 5.75 Å². The number of ether oxygens (including phenoxy) is 1. The van der Waals surface area contributed by atoms with Crippen LogP contribution in [0.25, 0.3) is 0 Å². The van der Waals surface area contributed by atoms with Crippen LogP contribution in [0.4, 0.5) is 0 Å². The number of nitrogens with zero attached hydrogens (tertiary/aromatic N) is 1. The number of piperidine rings is 1. The van der Waals surface area contributed by atoms with Gasteiger partial charge in [0.15, 0.2) is 0 Å². The van der Waals surface area contributed by atoms with E-state index < -0.39 is 10.0 Å². The normalized spacial score (nSPS) is 19.6. The molecule has 1 aromatic rings. The van der Waals surface area contributed by atoms with Crippen molar-refractivity contribution in [2.24, 2.45) is 5.92 Å². The van der Waals surface area contributed by atoms with Gasteiger partial charge >= 0.3 is 0 Å². The minimum Gasteiger partial charge on any atom is -0.496 e. The first-order chi connectivity index (χ1) is 11.8. The first-order valence-corrected chi connectivity index (χ1v) is 10.2. The van der Waals surface area contributed by atoms with Crippen molar-refractivity contribution in [3.63, 3.8) is 0 Å². The fraction of sp³-hybridized carbons (Fsp3) is 0.611. The fourth-order valence-corrected chi connectivity index (χ4v) is 5.07. The molecular formula is C18H26N2O4S. The molecule has 25 heavy (non-hydrogen) atoms. The minimum absolute atomic E-state index is 0.0780. The molecule has 1 N–H and O–H groups in total. The molecule has 1 amide bonds. The highest BCUT2D eigenvalue weighted by atomic mass is 32.2. The maximum atomic E-state index is 13.0. The summed E-state index contributed by atoms with van der Waals surface area (Å²) in [6, 6.07) is 3.78. The van der Waals surface area contributed by atoms with Crippen molar-refractivity contribution in [1.29, 1.82) is 0 Å². The van der Waals surface area contributed by atoms with Crippen LogP contribution in [0.1, 0.15) is 36.8 Å². The molecule has 0 atom stereocenters. The van der Waals surface area contributed by atoms with Crippen LogP contribution in [-0.2, 0) is 14.8 Å². The number of aryl methyl sites for hydroxylation is 2. The van der Waals surface area contributed by atoms with E-state index in [1.807, 2.05) is 6.92 Å². The topological polar surface area (TPSA) is 75.7 Å². The second kappa shape index (κ2) is 6.96. The standard InChI is InChI=1S/C18H26N2O4S/c1-12-11-17(13(2)10-16(12)24-3)25(22,23)20-8-6-14(7-9-20)18(21)19-15-4-5-15/h10-11,14-15H,4-9H2,1-3H3,(H,19,21). The quantitative estimate of drug-likeness (QED) is 0.865. The Morgan fingerprint density at radius 3 is 2.32 bits per heavy atom. The number of hydrogen-bond acceptors (Lipinski definition) is 4. The molecule has 1 aromatic carbocycles. The van der Waals surface area contributed by atoms with Gasteiger partial charge in [-0.25, -0.2) is 8.42 Å². The summed E-state index contributed by atoms with van der Waals surface area (Å²) in [6.07, 6.45) is 3.28. The van der Waals surface area contributed by atoms with E-state index in [-0.39, 0.29) is 11.8 Å². The van der Waals surface area contributed by atoms with Crippen molar-refractivity contribution in [1.82, 2.24) is 9.62 Å². The van der Waals surface area contributed by atoms with E-state index in [1.165, 1.54) is 4.31 Å². The summed E-state index contributed by atoms with van der Waals surface area (Å²) in [5.74, 6) is 0.689. The van der Waals surface area contributed by atoms with E-state index in [1.54, 1.807) is 26.2 Å². The lowest BCUT2D eigenvalue weighted by molar-refractivity contribution is -0.126. The summed E-state index contributed by atoms with van der Waals surface area (Å²) >= 11 is 0. The highest BCUT2D eigenvalue weighted by Crippen LogP contribution is 2.30. The Labute approximate surface area is 149 Å². The van der Waals surface area contributed by atoms with Gasteiger partial charge in [-0.3, -0.25) is 4.79 Å². The number of sulfonamides is 1. The van der Waals surface area contributed by atoms with Crippen LogP contribution >= 0.6 is 0 Å². The Morgan fingerprint density at radius 1 is 1.12 bits per heavy atom. The van der Waals surface area contributed by atoms with Gasteiger partial charge in [0.05, 0.1) is 12.0 Å². The summed E-state index contributed by atoms with van der Waals surface area (Å²) in [5, 5.41) is 3.02. The van der Waals surface area contributed by atoms with Crippen molar-refractivity contribution < 1.29 is 17.9 Å². The van der Waals surface area contributed by atoms with E-state index in [0.717, 1.165) is 18.4 Å². The Kier molecular flexibility index (Phi) is 5.06. The number of methoxy groups -OCH3 is 1. The number of nitrogens with one attached hydrogen (secondary N) is 1. The molecule has 1 heterocycles. The van der Waals surface area contributed by atoms with Gasteiger partial charge < -0.3 is 10.1 Å². The molecule has 1 aliphatic carbocycles. The van der Waals surface area contributed by atoms with E-state index >= 15 is 0 Å². The SMILES string of the molecule is COc1cc(C)c(S(=O)(=O)N2CCC(C(=O)NC3CC3)CC2)cc1C. The van der Waals surface area contributed by atoms with Gasteiger partial charge in [-0.2, -0.15) is 4.31 Å². The van der Waals surface area contributed by atoms with E-state index in [4.69, 9.17) is 4.74 Å². The summed E-state index contributed by atoms with van der Waals surface area (Å²) in [5.41, 5.74) is 1.47. The molecule has 0 spiro atoms. The molecule has 2 aliphatic rings. The Bertz CT molecular complexity index is 764. The molecule has 1 saturated heterocycles. The lowest BCUT2D eigenvalue weighted by Crippen LogP contribution is -2.43. The van der Waals surface area contributed by atoms with Crippen LogP contribution < -0.4 is 10.1 Å². The first kappa shape index (κ1) is 18.2. The lowest BCUT2D eigenvalue weighted by atomic mass is 9.97. The van der Waals surface area contributed by atoms with Crippen molar-refractivity contribution >= 4 is 15.9 Å². The number of benzene rings is 1. The zero-order chi connectivity index (χ0) is 18.2. The van der Waals surface area contributed by atoms with Gasteiger partial charge in [-0.05, 0) is 62.8 Å².